The maximum atomic E-state index is 13.1. The molecule has 0 radical (unpaired) electrons. The zero-order valence-corrected chi connectivity index (χ0v) is 14.9. The molecule has 0 N–H and O–H groups in total. The lowest BCUT2D eigenvalue weighted by Crippen LogP contribution is -2.49. The molecule has 1 spiro atoms. The summed E-state index contributed by atoms with van der Waals surface area (Å²) in [4.78, 5) is 33.6. The number of hydrogen-bond acceptors (Lipinski definition) is 4. The molecule has 4 heterocycles. The van der Waals surface area contributed by atoms with Gasteiger partial charge in [0.15, 0.2) is 0 Å². The molecule has 25 heavy (non-hydrogen) atoms. The highest BCUT2D eigenvalue weighted by Crippen LogP contribution is 2.41. The predicted octanol–water partition coefficient (Wildman–Crippen LogP) is 2.80. The number of hydrogen-bond donors (Lipinski definition) is 0. The van der Waals surface area contributed by atoms with Crippen LogP contribution in [-0.4, -0.2) is 46.2 Å². The van der Waals surface area contributed by atoms with Gasteiger partial charge in [-0.1, -0.05) is 0 Å². The van der Waals surface area contributed by atoms with Crippen LogP contribution >= 0.6 is 11.3 Å². The van der Waals surface area contributed by atoms with Gasteiger partial charge in [0.25, 0.3) is 5.91 Å². The van der Waals surface area contributed by atoms with Gasteiger partial charge < -0.3 is 9.80 Å². The number of carbonyl (C=O) groups excluding carboxylic acids is 2. The fraction of sp³-hybridized carbons (Fsp3) is 0.421. The number of nitrogens with zero attached hydrogens (tertiary/aromatic N) is 3. The van der Waals surface area contributed by atoms with Crippen LogP contribution in [0.2, 0.25) is 0 Å². The van der Waals surface area contributed by atoms with E-state index in [0.717, 1.165) is 43.5 Å². The molecule has 6 heteroatoms. The first-order chi connectivity index (χ1) is 12.2. The molecule has 2 saturated heterocycles. The molecular formula is C19H21N3O2S. The first kappa shape index (κ1) is 16.3. The normalized spacial score (nSPS) is 23.4. The van der Waals surface area contributed by atoms with Crippen molar-refractivity contribution in [1.29, 1.82) is 0 Å². The van der Waals surface area contributed by atoms with Crippen molar-refractivity contribution < 1.29 is 9.59 Å². The van der Waals surface area contributed by atoms with Crippen LogP contribution in [-0.2, 0) is 11.3 Å². The third kappa shape index (κ3) is 3.06. The summed E-state index contributed by atoms with van der Waals surface area (Å²) in [7, 11) is 0. The van der Waals surface area contributed by atoms with Gasteiger partial charge in [-0.2, -0.15) is 11.3 Å². The molecule has 2 aromatic rings. The van der Waals surface area contributed by atoms with Gasteiger partial charge in [0.2, 0.25) is 5.91 Å². The molecule has 2 aliphatic rings. The summed E-state index contributed by atoms with van der Waals surface area (Å²) in [6, 6.07) is 5.76. The minimum absolute atomic E-state index is 0.0562. The van der Waals surface area contributed by atoms with Crippen LogP contribution in [0.3, 0.4) is 0 Å². The van der Waals surface area contributed by atoms with Crippen molar-refractivity contribution >= 4 is 23.2 Å². The average molecular weight is 355 g/mol. The second-order valence-electron chi connectivity index (χ2n) is 6.95. The zero-order chi connectivity index (χ0) is 17.3. The van der Waals surface area contributed by atoms with Crippen LogP contribution in [0.5, 0.6) is 0 Å². The Labute approximate surface area is 151 Å². The third-order valence-electron chi connectivity index (χ3n) is 5.36. The Balaban J connectivity index is 1.48. The second kappa shape index (κ2) is 6.59. The van der Waals surface area contributed by atoms with Gasteiger partial charge in [0.05, 0.1) is 11.0 Å². The molecule has 4 rings (SSSR count). The quantitative estimate of drug-likeness (QED) is 0.851. The summed E-state index contributed by atoms with van der Waals surface area (Å²) in [5.41, 5.74) is 1.44. The summed E-state index contributed by atoms with van der Waals surface area (Å²) in [5.74, 6) is 0.257. The number of aromatic nitrogens is 1. The van der Waals surface area contributed by atoms with Gasteiger partial charge in [0.1, 0.15) is 0 Å². The lowest BCUT2D eigenvalue weighted by Gasteiger charge is -2.39. The Hall–Kier alpha value is -2.21. The van der Waals surface area contributed by atoms with Crippen molar-refractivity contribution in [3.05, 3.63) is 52.5 Å². The minimum Gasteiger partial charge on any atom is -0.338 e. The van der Waals surface area contributed by atoms with Crippen molar-refractivity contribution in [2.24, 2.45) is 5.41 Å². The molecule has 2 fully saturated rings. The Morgan fingerprint density at radius 1 is 1.20 bits per heavy atom. The summed E-state index contributed by atoms with van der Waals surface area (Å²) in [5, 5.41) is 3.81. The largest absolute Gasteiger partial charge is 0.338 e. The molecule has 130 valence electrons. The first-order valence-electron chi connectivity index (χ1n) is 8.68. The Morgan fingerprint density at radius 3 is 2.80 bits per heavy atom. The van der Waals surface area contributed by atoms with Crippen LogP contribution in [0.25, 0.3) is 0 Å². The number of amides is 2. The molecule has 0 aromatic carbocycles. The fourth-order valence-corrected chi connectivity index (χ4v) is 4.63. The van der Waals surface area contributed by atoms with E-state index < -0.39 is 5.41 Å². The molecular weight excluding hydrogens is 334 g/mol. The lowest BCUT2D eigenvalue weighted by atomic mass is 9.78. The molecule has 0 aliphatic carbocycles. The van der Waals surface area contributed by atoms with Gasteiger partial charge in [0, 0.05) is 44.0 Å². The van der Waals surface area contributed by atoms with E-state index in [1.165, 1.54) is 11.3 Å². The van der Waals surface area contributed by atoms with Crippen molar-refractivity contribution in [2.45, 2.75) is 25.8 Å². The van der Waals surface area contributed by atoms with Crippen molar-refractivity contribution in [3.63, 3.8) is 0 Å². The van der Waals surface area contributed by atoms with E-state index >= 15 is 0 Å². The number of piperidine rings is 1. The number of rotatable bonds is 3. The van der Waals surface area contributed by atoms with Gasteiger partial charge in [-0.25, -0.2) is 0 Å². The number of thiophene rings is 1. The van der Waals surface area contributed by atoms with E-state index in [-0.39, 0.29) is 11.8 Å². The summed E-state index contributed by atoms with van der Waals surface area (Å²) in [6.07, 6.45) is 6.13. The molecule has 0 unspecified atom stereocenters. The standard InChI is InChI=1S/C19H21N3O2S/c23-17(16-4-11-25-13-16)22-9-1-5-19(14-22)6-10-21(18(19)24)12-15-2-7-20-8-3-15/h2-4,7-8,11,13H,1,5-6,9-10,12,14H2/t19-/m1/s1. The van der Waals surface area contributed by atoms with E-state index in [1.807, 2.05) is 38.8 Å². The number of carbonyl (C=O) groups is 2. The van der Waals surface area contributed by atoms with E-state index in [1.54, 1.807) is 12.4 Å². The smallest absolute Gasteiger partial charge is 0.254 e. The van der Waals surface area contributed by atoms with Gasteiger partial charge in [-0.3, -0.25) is 14.6 Å². The van der Waals surface area contributed by atoms with E-state index in [4.69, 9.17) is 0 Å². The van der Waals surface area contributed by atoms with Crippen LogP contribution in [0.15, 0.2) is 41.4 Å². The maximum Gasteiger partial charge on any atom is 0.254 e. The fourth-order valence-electron chi connectivity index (χ4n) is 4.00. The summed E-state index contributed by atoms with van der Waals surface area (Å²) >= 11 is 1.53. The van der Waals surface area contributed by atoms with Crippen LogP contribution < -0.4 is 0 Å². The first-order valence-corrected chi connectivity index (χ1v) is 9.62. The predicted molar refractivity (Wildman–Crippen MR) is 96.2 cm³/mol. The SMILES string of the molecule is O=C(c1ccsc1)N1CCC[C@@]2(CCN(Cc3ccncc3)C2=O)C1. The maximum absolute atomic E-state index is 13.1. The third-order valence-corrected chi connectivity index (χ3v) is 6.04. The summed E-state index contributed by atoms with van der Waals surface area (Å²) < 4.78 is 0. The van der Waals surface area contributed by atoms with Crippen molar-refractivity contribution in [3.8, 4) is 0 Å². The van der Waals surface area contributed by atoms with E-state index in [2.05, 4.69) is 4.98 Å². The van der Waals surface area contributed by atoms with Crippen molar-refractivity contribution in [2.75, 3.05) is 19.6 Å². The van der Waals surface area contributed by atoms with Gasteiger partial charge in [-0.05, 0) is 48.4 Å². The van der Waals surface area contributed by atoms with Gasteiger partial charge in [-0.15, -0.1) is 0 Å². The number of likely N-dealkylation sites (tertiary alicyclic amines) is 2. The summed E-state index contributed by atoms with van der Waals surface area (Å²) in [6.45, 7) is 2.69. The topological polar surface area (TPSA) is 53.5 Å². The highest BCUT2D eigenvalue weighted by molar-refractivity contribution is 7.08. The van der Waals surface area contributed by atoms with E-state index in [9.17, 15) is 9.59 Å². The number of pyridine rings is 1. The molecule has 2 aliphatic heterocycles. The Bertz CT molecular complexity index is 762. The zero-order valence-electron chi connectivity index (χ0n) is 14.1. The molecule has 0 bridgehead atoms. The average Bonchev–Trinajstić information content (AvgIpc) is 3.28. The Kier molecular flexibility index (Phi) is 4.29. The highest BCUT2D eigenvalue weighted by atomic mass is 32.1. The van der Waals surface area contributed by atoms with Crippen LogP contribution in [0.4, 0.5) is 0 Å². The minimum atomic E-state index is -0.392. The molecule has 1 atom stereocenters. The highest BCUT2D eigenvalue weighted by Gasteiger charge is 2.49. The van der Waals surface area contributed by atoms with Gasteiger partial charge >= 0.3 is 0 Å². The molecule has 2 aromatic heterocycles. The van der Waals surface area contributed by atoms with Crippen molar-refractivity contribution in [1.82, 2.24) is 14.8 Å². The Morgan fingerprint density at radius 2 is 2.04 bits per heavy atom. The molecule has 2 amide bonds. The van der Waals surface area contributed by atoms with E-state index in [0.29, 0.717) is 13.1 Å². The molecule has 0 saturated carbocycles. The van der Waals surface area contributed by atoms with Crippen LogP contribution in [0.1, 0.15) is 35.2 Å². The monoisotopic (exact) mass is 355 g/mol. The second-order valence-corrected chi connectivity index (χ2v) is 7.73. The van der Waals surface area contributed by atoms with Crippen LogP contribution in [0, 0.1) is 5.41 Å². The molecule has 5 nitrogen and oxygen atoms in total. The lowest BCUT2D eigenvalue weighted by molar-refractivity contribution is -0.138.